The van der Waals surface area contributed by atoms with Gasteiger partial charge in [-0.15, -0.1) is 0 Å². The molecule has 0 unspecified atom stereocenters. The van der Waals surface area contributed by atoms with E-state index in [0.29, 0.717) is 0 Å². The standard InChI is InChI=1S/C13H17N3O/c1-10(15-8-11-7-14-9-16-11)12-5-3-4-6-13(12)17-2/h3-7,9-10,15H,8H2,1-2H3,(H,14,16)/t10-/m1/s1. The number of para-hydroxylation sites is 1. The Kier molecular flexibility index (Phi) is 3.77. The normalized spacial score (nSPS) is 12.4. The molecule has 4 heteroatoms. The minimum atomic E-state index is 0.231. The highest BCUT2D eigenvalue weighted by molar-refractivity contribution is 5.35. The van der Waals surface area contributed by atoms with Crippen LogP contribution in [-0.2, 0) is 6.54 Å². The Morgan fingerprint density at radius 3 is 2.94 bits per heavy atom. The van der Waals surface area contributed by atoms with Gasteiger partial charge in [-0.2, -0.15) is 0 Å². The quantitative estimate of drug-likeness (QED) is 0.830. The second-order valence-electron chi connectivity index (χ2n) is 3.92. The summed E-state index contributed by atoms with van der Waals surface area (Å²) in [4.78, 5) is 7.05. The zero-order valence-electron chi connectivity index (χ0n) is 10.1. The third-order valence-electron chi connectivity index (χ3n) is 2.76. The van der Waals surface area contributed by atoms with Crippen molar-refractivity contribution in [1.29, 1.82) is 0 Å². The summed E-state index contributed by atoms with van der Waals surface area (Å²) < 4.78 is 5.34. The van der Waals surface area contributed by atoms with Crippen LogP contribution in [0.15, 0.2) is 36.8 Å². The number of hydrogen-bond acceptors (Lipinski definition) is 3. The number of aromatic amines is 1. The molecule has 0 radical (unpaired) electrons. The number of nitrogens with one attached hydrogen (secondary N) is 2. The van der Waals surface area contributed by atoms with Crippen LogP contribution in [0.5, 0.6) is 5.75 Å². The van der Waals surface area contributed by atoms with Gasteiger partial charge in [-0.05, 0) is 13.0 Å². The van der Waals surface area contributed by atoms with E-state index in [1.807, 2.05) is 24.4 Å². The third kappa shape index (κ3) is 2.85. The fourth-order valence-electron chi connectivity index (χ4n) is 1.78. The van der Waals surface area contributed by atoms with Gasteiger partial charge in [-0.25, -0.2) is 4.98 Å². The highest BCUT2D eigenvalue weighted by atomic mass is 16.5. The third-order valence-corrected chi connectivity index (χ3v) is 2.76. The Morgan fingerprint density at radius 2 is 2.24 bits per heavy atom. The van der Waals surface area contributed by atoms with Gasteiger partial charge in [-0.3, -0.25) is 0 Å². The molecule has 2 N–H and O–H groups in total. The van der Waals surface area contributed by atoms with Gasteiger partial charge >= 0.3 is 0 Å². The Hall–Kier alpha value is -1.81. The molecule has 0 aliphatic carbocycles. The van der Waals surface area contributed by atoms with Crippen molar-refractivity contribution in [3.8, 4) is 5.75 Å². The minimum Gasteiger partial charge on any atom is -0.496 e. The van der Waals surface area contributed by atoms with Crippen molar-refractivity contribution in [3.63, 3.8) is 0 Å². The van der Waals surface area contributed by atoms with E-state index in [4.69, 9.17) is 4.74 Å². The summed E-state index contributed by atoms with van der Waals surface area (Å²) in [7, 11) is 1.69. The first-order valence-electron chi connectivity index (χ1n) is 5.65. The van der Waals surface area contributed by atoms with Crippen LogP contribution in [0.3, 0.4) is 0 Å². The summed E-state index contributed by atoms with van der Waals surface area (Å²) in [6.07, 6.45) is 3.51. The zero-order chi connectivity index (χ0) is 12.1. The summed E-state index contributed by atoms with van der Waals surface area (Å²) in [6, 6.07) is 8.28. The molecule has 1 aromatic heterocycles. The van der Waals surface area contributed by atoms with Crippen molar-refractivity contribution >= 4 is 0 Å². The topological polar surface area (TPSA) is 49.9 Å². The summed E-state index contributed by atoms with van der Waals surface area (Å²) in [6.45, 7) is 2.88. The molecule has 90 valence electrons. The fourth-order valence-corrected chi connectivity index (χ4v) is 1.78. The molecule has 2 aromatic rings. The van der Waals surface area contributed by atoms with E-state index < -0.39 is 0 Å². The summed E-state index contributed by atoms with van der Waals surface area (Å²) in [5, 5.41) is 3.42. The lowest BCUT2D eigenvalue weighted by molar-refractivity contribution is 0.401. The van der Waals surface area contributed by atoms with Gasteiger partial charge in [0.1, 0.15) is 5.75 Å². The molecule has 0 aliphatic heterocycles. The molecular weight excluding hydrogens is 214 g/mol. The Labute approximate surface area is 101 Å². The van der Waals surface area contributed by atoms with Gasteiger partial charge < -0.3 is 15.0 Å². The Bertz CT molecular complexity index is 453. The largest absolute Gasteiger partial charge is 0.496 e. The maximum Gasteiger partial charge on any atom is 0.123 e. The van der Waals surface area contributed by atoms with E-state index in [9.17, 15) is 0 Å². The van der Waals surface area contributed by atoms with Crippen molar-refractivity contribution in [2.24, 2.45) is 0 Å². The highest BCUT2D eigenvalue weighted by Gasteiger charge is 2.10. The first-order chi connectivity index (χ1) is 8.31. The van der Waals surface area contributed by atoms with Crippen LogP contribution in [0.1, 0.15) is 24.2 Å². The molecule has 17 heavy (non-hydrogen) atoms. The predicted molar refractivity (Wildman–Crippen MR) is 66.8 cm³/mol. The van der Waals surface area contributed by atoms with Gasteiger partial charge in [0.15, 0.2) is 0 Å². The number of H-pyrrole nitrogens is 1. The Morgan fingerprint density at radius 1 is 1.41 bits per heavy atom. The summed E-state index contributed by atoms with van der Waals surface area (Å²) in [5.41, 5.74) is 2.24. The SMILES string of the molecule is COc1ccccc1[C@@H](C)NCc1cnc[nH]1. The fraction of sp³-hybridized carbons (Fsp3) is 0.308. The maximum atomic E-state index is 5.34. The predicted octanol–water partition coefficient (Wildman–Crippen LogP) is 2.27. The van der Waals surface area contributed by atoms with E-state index >= 15 is 0 Å². The van der Waals surface area contributed by atoms with Crippen molar-refractivity contribution < 1.29 is 4.74 Å². The number of hydrogen-bond donors (Lipinski definition) is 2. The van der Waals surface area contributed by atoms with Crippen LogP contribution in [0.2, 0.25) is 0 Å². The molecule has 1 atom stereocenters. The van der Waals surface area contributed by atoms with Crippen LogP contribution in [0.4, 0.5) is 0 Å². The van der Waals surface area contributed by atoms with Gasteiger partial charge in [0.25, 0.3) is 0 Å². The number of ether oxygens (including phenoxy) is 1. The van der Waals surface area contributed by atoms with E-state index in [-0.39, 0.29) is 6.04 Å². The highest BCUT2D eigenvalue weighted by Crippen LogP contribution is 2.24. The number of methoxy groups -OCH3 is 1. The van der Waals surface area contributed by atoms with Crippen LogP contribution in [0, 0.1) is 0 Å². The molecule has 0 amide bonds. The van der Waals surface area contributed by atoms with Gasteiger partial charge in [0.05, 0.1) is 13.4 Å². The van der Waals surface area contributed by atoms with Crippen molar-refractivity contribution in [2.75, 3.05) is 7.11 Å². The molecule has 0 saturated heterocycles. The minimum absolute atomic E-state index is 0.231. The molecule has 4 nitrogen and oxygen atoms in total. The number of nitrogens with zero attached hydrogens (tertiary/aromatic N) is 1. The van der Waals surface area contributed by atoms with Crippen LogP contribution in [-0.4, -0.2) is 17.1 Å². The molecule has 0 aliphatic rings. The first-order valence-corrected chi connectivity index (χ1v) is 5.65. The lowest BCUT2D eigenvalue weighted by Gasteiger charge is -2.16. The average Bonchev–Trinajstić information content (AvgIpc) is 2.89. The summed E-state index contributed by atoms with van der Waals surface area (Å²) >= 11 is 0. The Balaban J connectivity index is 2.01. The van der Waals surface area contributed by atoms with Crippen LogP contribution >= 0.6 is 0 Å². The second-order valence-corrected chi connectivity index (χ2v) is 3.92. The molecule has 1 aromatic carbocycles. The van der Waals surface area contributed by atoms with E-state index in [1.165, 1.54) is 0 Å². The van der Waals surface area contributed by atoms with Gasteiger partial charge in [0.2, 0.25) is 0 Å². The second kappa shape index (κ2) is 5.50. The molecule has 0 spiro atoms. The maximum absolute atomic E-state index is 5.34. The number of rotatable bonds is 5. The molecule has 0 saturated carbocycles. The molecule has 1 heterocycles. The van der Waals surface area contributed by atoms with Crippen molar-refractivity contribution in [2.45, 2.75) is 19.5 Å². The average molecular weight is 231 g/mol. The van der Waals surface area contributed by atoms with E-state index in [2.05, 4.69) is 28.3 Å². The number of aromatic nitrogens is 2. The molecular formula is C13H17N3O. The van der Waals surface area contributed by atoms with E-state index in [0.717, 1.165) is 23.6 Å². The van der Waals surface area contributed by atoms with Gasteiger partial charge in [0, 0.05) is 30.0 Å². The zero-order valence-corrected chi connectivity index (χ0v) is 10.1. The van der Waals surface area contributed by atoms with E-state index in [1.54, 1.807) is 13.4 Å². The smallest absolute Gasteiger partial charge is 0.123 e. The molecule has 0 fully saturated rings. The molecule has 0 bridgehead atoms. The lowest BCUT2D eigenvalue weighted by Crippen LogP contribution is -2.18. The number of benzene rings is 1. The van der Waals surface area contributed by atoms with Crippen molar-refractivity contribution in [3.05, 3.63) is 48.0 Å². The number of imidazole rings is 1. The van der Waals surface area contributed by atoms with Crippen molar-refractivity contribution in [1.82, 2.24) is 15.3 Å². The molecule has 2 rings (SSSR count). The van der Waals surface area contributed by atoms with Gasteiger partial charge in [-0.1, -0.05) is 18.2 Å². The van der Waals surface area contributed by atoms with Crippen LogP contribution < -0.4 is 10.1 Å². The van der Waals surface area contributed by atoms with Crippen LogP contribution in [0.25, 0.3) is 0 Å². The lowest BCUT2D eigenvalue weighted by atomic mass is 10.1. The first kappa shape index (κ1) is 11.7. The monoisotopic (exact) mass is 231 g/mol. The summed E-state index contributed by atoms with van der Waals surface area (Å²) in [5.74, 6) is 0.914.